The second kappa shape index (κ2) is 8.42. The van der Waals surface area contributed by atoms with Gasteiger partial charge in [0.05, 0.1) is 0 Å². The maximum absolute atomic E-state index is 12.0. The highest BCUT2D eigenvalue weighted by Crippen LogP contribution is 2.19. The van der Waals surface area contributed by atoms with E-state index in [1.807, 2.05) is 16.8 Å². The lowest BCUT2D eigenvalue weighted by Gasteiger charge is -2.30. The second-order valence-electron chi connectivity index (χ2n) is 5.67. The summed E-state index contributed by atoms with van der Waals surface area (Å²) in [6.45, 7) is 4.07. The van der Waals surface area contributed by atoms with Gasteiger partial charge < -0.3 is 15.2 Å². The summed E-state index contributed by atoms with van der Waals surface area (Å²) in [5.74, 6) is 1.61. The SMILES string of the molecule is CC1CNCCC1NC(=O)CCc1nc(-c2ccsc2)no1.Cl. The monoisotopic (exact) mass is 356 g/mol. The highest BCUT2D eigenvalue weighted by Gasteiger charge is 2.22. The van der Waals surface area contributed by atoms with Gasteiger partial charge in [0.2, 0.25) is 17.6 Å². The van der Waals surface area contributed by atoms with E-state index in [2.05, 4.69) is 27.7 Å². The molecule has 1 aliphatic heterocycles. The number of hydrogen-bond acceptors (Lipinski definition) is 6. The Labute approximate surface area is 145 Å². The van der Waals surface area contributed by atoms with E-state index in [0.29, 0.717) is 30.5 Å². The molecule has 0 bridgehead atoms. The van der Waals surface area contributed by atoms with Gasteiger partial charge in [0.15, 0.2) is 0 Å². The van der Waals surface area contributed by atoms with Crippen LogP contribution >= 0.6 is 23.7 Å². The number of halogens is 1. The lowest BCUT2D eigenvalue weighted by molar-refractivity contribution is -0.122. The molecule has 1 saturated heterocycles. The number of aryl methyl sites for hydroxylation is 1. The summed E-state index contributed by atoms with van der Waals surface area (Å²) in [7, 11) is 0. The van der Waals surface area contributed by atoms with Crippen LogP contribution in [0.5, 0.6) is 0 Å². The summed E-state index contributed by atoms with van der Waals surface area (Å²) in [4.78, 5) is 16.4. The van der Waals surface area contributed by atoms with Crippen LogP contribution in [0.4, 0.5) is 0 Å². The Balaban J connectivity index is 0.00000192. The second-order valence-corrected chi connectivity index (χ2v) is 6.45. The predicted octanol–water partition coefficient (Wildman–Crippen LogP) is 2.27. The molecule has 1 aliphatic rings. The average Bonchev–Trinajstić information content (AvgIpc) is 3.18. The molecule has 3 rings (SSSR count). The maximum Gasteiger partial charge on any atom is 0.227 e. The minimum absolute atomic E-state index is 0. The van der Waals surface area contributed by atoms with Crippen LogP contribution in [0.1, 0.15) is 25.7 Å². The van der Waals surface area contributed by atoms with E-state index < -0.39 is 0 Å². The lowest BCUT2D eigenvalue weighted by Crippen LogP contribution is -2.48. The van der Waals surface area contributed by atoms with Gasteiger partial charge in [0.1, 0.15) is 0 Å². The minimum atomic E-state index is 0. The van der Waals surface area contributed by atoms with Crippen molar-refractivity contribution < 1.29 is 9.32 Å². The van der Waals surface area contributed by atoms with Gasteiger partial charge in [-0.2, -0.15) is 16.3 Å². The van der Waals surface area contributed by atoms with Gasteiger partial charge in [-0.1, -0.05) is 12.1 Å². The molecule has 126 valence electrons. The van der Waals surface area contributed by atoms with Crippen LogP contribution in [0.2, 0.25) is 0 Å². The van der Waals surface area contributed by atoms with Gasteiger partial charge in [0.25, 0.3) is 0 Å². The number of amides is 1. The van der Waals surface area contributed by atoms with E-state index in [9.17, 15) is 4.79 Å². The van der Waals surface area contributed by atoms with Gasteiger partial charge in [-0.05, 0) is 36.9 Å². The molecule has 1 amide bonds. The van der Waals surface area contributed by atoms with E-state index in [1.165, 1.54) is 0 Å². The van der Waals surface area contributed by atoms with Crippen LogP contribution in [0, 0.1) is 5.92 Å². The molecule has 1 fully saturated rings. The molecular formula is C15H21ClN4O2S. The molecule has 3 heterocycles. The number of carbonyl (C=O) groups is 1. The molecule has 8 heteroatoms. The Morgan fingerprint density at radius 1 is 1.57 bits per heavy atom. The third kappa shape index (κ3) is 4.76. The fourth-order valence-electron chi connectivity index (χ4n) is 2.59. The van der Waals surface area contributed by atoms with Crippen molar-refractivity contribution in [3.63, 3.8) is 0 Å². The number of rotatable bonds is 5. The zero-order valence-corrected chi connectivity index (χ0v) is 14.6. The van der Waals surface area contributed by atoms with Gasteiger partial charge in [-0.25, -0.2) is 0 Å². The third-order valence-corrected chi connectivity index (χ3v) is 4.63. The number of aromatic nitrogens is 2. The molecule has 2 N–H and O–H groups in total. The van der Waals surface area contributed by atoms with Crippen molar-refractivity contribution in [2.45, 2.75) is 32.2 Å². The highest BCUT2D eigenvalue weighted by atomic mass is 35.5. The Bertz CT molecular complexity index is 617. The van der Waals surface area contributed by atoms with Crippen molar-refractivity contribution in [3.8, 4) is 11.4 Å². The number of thiophene rings is 1. The first-order valence-electron chi connectivity index (χ1n) is 7.57. The standard InChI is InChI=1S/C15H20N4O2S.ClH/c1-10-8-16-6-4-12(10)17-13(20)2-3-14-18-15(19-21-14)11-5-7-22-9-11;/h5,7,9-10,12,16H,2-4,6,8H2,1H3,(H,17,20);1H. The predicted molar refractivity (Wildman–Crippen MR) is 91.8 cm³/mol. The van der Waals surface area contributed by atoms with E-state index in [1.54, 1.807) is 11.3 Å². The third-order valence-electron chi connectivity index (χ3n) is 3.95. The van der Waals surface area contributed by atoms with Crippen molar-refractivity contribution in [1.82, 2.24) is 20.8 Å². The maximum atomic E-state index is 12.0. The van der Waals surface area contributed by atoms with Crippen LogP contribution in [0.15, 0.2) is 21.3 Å². The Hall–Kier alpha value is -1.44. The molecule has 0 aromatic carbocycles. The number of hydrogen-bond donors (Lipinski definition) is 2. The Morgan fingerprint density at radius 2 is 2.43 bits per heavy atom. The summed E-state index contributed by atoms with van der Waals surface area (Å²) in [6, 6.07) is 2.21. The molecule has 2 atom stereocenters. The quantitative estimate of drug-likeness (QED) is 0.859. The number of nitrogens with zero attached hydrogens (tertiary/aromatic N) is 2. The summed E-state index contributed by atoms with van der Waals surface area (Å²) < 4.78 is 5.20. The molecule has 0 spiro atoms. The van der Waals surface area contributed by atoms with Crippen LogP contribution in [0.25, 0.3) is 11.4 Å². The van der Waals surface area contributed by atoms with Crippen LogP contribution in [-0.4, -0.2) is 35.2 Å². The number of carbonyl (C=O) groups excluding carboxylic acids is 1. The van der Waals surface area contributed by atoms with E-state index in [-0.39, 0.29) is 24.4 Å². The number of piperidine rings is 1. The summed E-state index contributed by atoms with van der Waals surface area (Å²) >= 11 is 1.59. The molecule has 2 unspecified atom stereocenters. The number of nitrogens with one attached hydrogen (secondary N) is 2. The molecule has 23 heavy (non-hydrogen) atoms. The van der Waals surface area contributed by atoms with Gasteiger partial charge in [-0.3, -0.25) is 4.79 Å². The minimum Gasteiger partial charge on any atom is -0.353 e. The Kier molecular flexibility index (Phi) is 6.56. The molecule has 0 saturated carbocycles. The molecule has 0 radical (unpaired) electrons. The van der Waals surface area contributed by atoms with E-state index in [0.717, 1.165) is 25.1 Å². The van der Waals surface area contributed by atoms with Gasteiger partial charge >= 0.3 is 0 Å². The van der Waals surface area contributed by atoms with E-state index >= 15 is 0 Å². The summed E-state index contributed by atoms with van der Waals surface area (Å²) in [6.07, 6.45) is 1.83. The molecule has 0 aliphatic carbocycles. The lowest BCUT2D eigenvalue weighted by atomic mass is 9.95. The van der Waals surface area contributed by atoms with Gasteiger partial charge in [-0.15, -0.1) is 12.4 Å². The van der Waals surface area contributed by atoms with Crippen molar-refractivity contribution >= 4 is 29.7 Å². The van der Waals surface area contributed by atoms with Crippen molar-refractivity contribution in [1.29, 1.82) is 0 Å². The topological polar surface area (TPSA) is 80.0 Å². The summed E-state index contributed by atoms with van der Waals surface area (Å²) in [5, 5.41) is 14.3. The van der Waals surface area contributed by atoms with Crippen molar-refractivity contribution in [3.05, 3.63) is 22.7 Å². The van der Waals surface area contributed by atoms with Crippen LogP contribution < -0.4 is 10.6 Å². The summed E-state index contributed by atoms with van der Waals surface area (Å²) in [5.41, 5.74) is 0.952. The first kappa shape index (κ1) is 17.9. The zero-order chi connectivity index (χ0) is 15.4. The Morgan fingerprint density at radius 3 is 3.17 bits per heavy atom. The molecular weight excluding hydrogens is 336 g/mol. The average molecular weight is 357 g/mol. The normalized spacial score (nSPS) is 20.7. The fraction of sp³-hybridized carbons (Fsp3) is 0.533. The molecule has 2 aromatic heterocycles. The van der Waals surface area contributed by atoms with Crippen LogP contribution in [-0.2, 0) is 11.2 Å². The first-order chi connectivity index (χ1) is 10.7. The van der Waals surface area contributed by atoms with Crippen molar-refractivity contribution in [2.24, 2.45) is 5.92 Å². The van der Waals surface area contributed by atoms with Gasteiger partial charge in [0, 0.05) is 29.8 Å². The smallest absolute Gasteiger partial charge is 0.227 e. The first-order valence-corrected chi connectivity index (χ1v) is 8.52. The van der Waals surface area contributed by atoms with Crippen LogP contribution in [0.3, 0.4) is 0 Å². The molecule has 6 nitrogen and oxygen atoms in total. The van der Waals surface area contributed by atoms with Crippen molar-refractivity contribution in [2.75, 3.05) is 13.1 Å². The largest absolute Gasteiger partial charge is 0.353 e. The van der Waals surface area contributed by atoms with E-state index in [4.69, 9.17) is 4.52 Å². The fourth-order valence-corrected chi connectivity index (χ4v) is 3.23. The highest BCUT2D eigenvalue weighted by molar-refractivity contribution is 7.08. The molecule has 2 aromatic rings. The zero-order valence-electron chi connectivity index (χ0n) is 12.9.